The SMILES string of the molecule is CCNNC(=O)[C@@]1(O)[C@H](O)[C@]2(CC)C=CCN3CC[C@@]4(c5cc([C@@]6(C(=O)OC)C[C@@H]7C=C(C(C)(F)F)CN(Cc8c6[nH]c6ccccc86)C7)c(OC)cc5N(C)[C@@H]14)[C@@H]32. The molecule has 5 N–H and O–H groups in total. The number of halogens is 2. The molecule has 1 saturated carbocycles. The standard InChI is InChI=1S/C44H54F2N6O6/c1-7-41-14-11-16-52-17-15-42(35(41)52)29-19-30(33(57-5)20-32(29)50(4)36(42)44(56,37(41)53)38(54)49-47-8-2)43(39(55)58-6)21-25-18-26(40(3,45)46)23-51(22-25)24-28-27-12-9-10-13-31(27)48-34(28)43/h9-14,18-20,25,35-37,47-48,53,56H,7-8,15-17,21-24H2,1-6H3,(H,49,54)/t25-,35-,36+,37+,41+,42+,43-,44-/m0/s1. The molecule has 6 heterocycles. The van der Waals surface area contributed by atoms with Crippen LogP contribution in [0.3, 0.4) is 0 Å². The van der Waals surface area contributed by atoms with Gasteiger partial charge in [-0.05, 0) is 55.0 Å². The van der Waals surface area contributed by atoms with Crippen molar-refractivity contribution < 1.29 is 38.1 Å². The Morgan fingerprint density at radius 2 is 1.88 bits per heavy atom. The molecule has 2 bridgehead atoms. The molecular formula is C44H54F2N6O6. The van der Waals surface area contributed by atoms with Crippen molar-refractivity contribution in [3.63, 3.8) is 0 Å². The average molecular weight is 801 g/mol. The van der Waals surface area contributed by atoms with Crippen LogP contribution in [0.1, 0.15) is 62.4 Å². The predicted octanol–water partition coefficient (Wildman–Crippen LogP) is 3.90. The molecule has 1 saturated heterocycles. The van der Waals surface area contributed by atoms with Crippen LogP contribution in [0.2, 0.25) is 0 Å². The summed E-state index contributed by atoms with van der Waals surface area (Å²) < 4.78 is 42.6. The summed E-state index contributed by atoms with van der Waals surface area (Å²) >= 11 is 0. The number of anilines is 1. The smallest absolute Gasteiger partial charge is 0.322 e. The van der Waals surface area contributed by atoms with E-state index in [1.807, 2.05) is 79.2 Å². The number of rotatable bonds is 8. The van der Waals surface area contributed by atoms with Crippen LogP contribution in [0.25, 0.3) is 10.9 Å². The Morgan fingerprint density at radius 3 is 2.59 bits per heavy atom. The normalized spacial score (nSPS) is 35.0. The summed E-state index contributed by atoms with van der Waals surface area (Å²) in [7, 11) is 4.73. The van der Waals surface area contributed by atoms with Gasteiger partial charge in [0.25, 0.3) is 11.8 Å². The number of hydrogen-bond donors (Lipinski definition) is 5. The van der Waals surface area contributed by atoms with Crippen molar-refractivity contribution in [3.8, 4) is 5.75 Å². The second-order valence-electron chi connectivity index (χ2n) is 17.5. The monoisotopic (exact) mass is 800 g/mol. The van der Waals surface area contributed by atoms with Gasteiger partial charge in [-0.1, -0.05) is 50.3 Å². The summed E-state index contributed by atoms with van der Waals surface area (Å²) in [6.45, 7) is 7.29. The number of nitrogens with zero attached hydrogens (tertiary/aromatic N) is 3. The van der Waals surface area contributed by atoms with E-state index in [9.17, 15) is 15.0 Å². The van der Waals surface area contributed by atoms with Gasteiger partial charge in [0, 0.05) is 103 Å². The Morgan fingerprint density at radius 1 is 1.10 bits per heavy atom. The number of alkyl halides is 2. The summed E-state index contributed by atoms with van der Waals surface area (Å²) in [5.41, 5.74) is 4.02. The molecule has 9 rings (SSSR count). The van der Waals surface area contributed by atoms with E-state index in [1.54, 1.807) is 13.2 Å². The quantitative estimate of drug-likeness (QED) is 0.130. The van der Waals surface area contributed by atoms with Gasteiger partial charge in [-0.2, -0.15) is 0 Å². The number of H-pyrrole nitrogens is 1. The van der Waals surface area contributed by atoms with Crippen molar-refractivity contribution in [1.29, 1.82) is 0 Å². The van der Waals surface area contributed by atoms with Crippen molar-refractivity contribution in [3.05, 3.63) is 82.6 Å². The van der Waals surface area contributed by atoms with E-state index in [-0.39, 0.29) is 24.6 Å². The number of likely N-dealkylation sites (N-methyl/N-ethyl adjacent to an activating group) is 1. The molecule has 5 aliphatic heterocycles. The van der Waals surface area contributed by atoms with Gasteiger partial charge in [-0.3, -0.25) is 24.8 Å². The van der Waals surface area contributed by atoms with Crippen LogP contribution in [-0.2, 0) is 31.7 Å². The minimum Gasteiger partial charge on any atom is -0.496 e. The van der Waals surface area contributed by atoms with Crippen LogP contribution in [0.5, 0.6) is 5.75 Å². The minimum absolute atomic E-state index is 0.0123. The lowest BCUT2D eigenvalue weighted by atomic mass is 9.47. The number of hydrogen-bond acceptors (Lipinski definition) is 10. The fourth-order valence-electron chi connectivity index (χ4n) is 12.6. The maximum absolute atomic E-state index is 15.2. The van der Waals surface area contributed by atoms with Gasteiger partial charge in [-0.15, -0.1) is 0 Å². The summed E-state index contributed by atoms with van der Waals surface area (Å²) in [6.07, 6.45) is 5.29. The molecule has 310 valence electrons. The highest BCUT2D eigenvalue weighted by Gasteiger charge is 2.78. The largest absolute Gasteiger partial charge is 0.496 e. The lowest BCUT2D eigenvalue weighted by Crippen LogP contribution is -2.82. The van der Waals surface area contributed by atoms with Crippen molar-refractivity contribution >= 4 is 28.5 Å². The van der Waals surface area contributed by atoms with Crippen LogP contribution in [0, 0.1) is 11.3 Å². The number of hydrazine groups is 1. The van der Waals surface area contributed by atoms with Gasteiger partial charge in [-0.25, -0.2) is 14.2 Å². The van der Waals surface area contributed by atoms with Crippen LogP contribution in [0.4, 0.5) is 14.5 Å². The highest BCUT2D eigenvalue weighted by molar-refractivity contribution is 5.95. The van der Waals surface area contributed by atoms with E-state index >= 15 is 13.6 Å². The summed E-state index contributed by atoms with van der Waals surface area (Å²) in [5, 5.41) is 26.5. The molecule has 58 heavy (non-hydrogen) atoms. The Hall–Kier alpha value is -4.34. The van der Waals surface area contributed by atoms with E-state index in [0.717, 1.165) is 29.0 Å². The fourth-order valence-corrected chi connectivity index (χ4v) is 12.6. The molecule has 6 aliphatic rings. The molecule has 1 aliphatic carbocycles. The minimum atomic E-state index is -3.06. The number of ether oxygens (including phenoxy) is 2. The Bertz CT molecular complexity index is 2260. The van der Waals surface area contributed by atoms with Crippen LogP contribution in [-0.4, -0.2) is 121 Å². The second-order valence-corrected chi connectivity index (χ2v) is 17.5. The molecule has 1 spiro atoms. The number of fused-ring (bicyclic) bond motifs is 6. The highest BCUT2D eigenvalue weighted by atomic mass is 19.3. The summed E-state index contributed by atoms with van der Waals surface area (Å²) in [5.74, 6) is -4.45. The first-order chi connectivity index (χ1) is 27.7. The number of para-hydroxylation sites is 1. The van der Waals surface area contributed by atoms with Crippen LogP contribution >= 0.6 is 0 Å². The molecule has 3 aromatic rings. The number of aliphatic hydroxyl groups is 2. The first-order valence-corrected chi connectivity index (χ1v) is 20.5. The number of esters is 1. The molecule has 0 radical (unpaired) electrons. The lowest BCUT2D eigenvalue weighted by molar-refractivity contribution is -0.204. The number of carbonyl (C=O) groups excluding carboxylic acids is 2. The van der Waals surface area contributed by atoms with Crippen molar-refractivity contribution in [1.82, 2.24) is 25.6 Å². The van der Waals surface area contributed by atoms with Gasteiger partial charge in [0.15, 0.2) is 5.60 Å². The zero-order chi connectivity index (χ0) is 41.2. The average Bonchev–Trinajstić information content (AvgIpc) is 3.86. The topological polar surface area (TPSA) is 143 Å². The van der Waals surface area contributed by atoms with E-state index in [2.05, 4.69) is 20.7 Å². The molecular weight excluding hydrogens is 747 g/mol. The Balaban J connectivity index is 1.35. The Labute approximate surface area is 337 Å². The second kappa shape index (κ2) is 13.3. The van der Waals surface area contributed by atoms with Gasteiger partial charge >= 0.3 is 5.97 Å². The number of methoxy groups -OCH3 is 2. The fraction of sp³-hybridized carbons (Fsp3) is 0.545. The third-order valence-electron chi connectivity index (χ3n) is 14.8. The Kier molecular flexibility index (Phi) is 9.00. The van der Waals surface area contributed by atoms with Crippen molar-refractivity contribution in [2.75, 3.05) is 58.9 Å². The molecule has 2 fully saturated rings. The zero-order valence-corrected chi connectivity index (χ0v) is 34.0. The first-order valence-electron chi connectivity index (χ1n) is 20.5. The number of amides is 1. The maximum Gasteiger partial charge on any atom is 0.322 e. The third-order valence-corrected chi connectivity index (χ3v) is 14.8. The van der Waals surface area contributed by atoms with Crippen LogP contribution in [0.15, 0.2) is 60.2 Å². The van der Waals surface area contributed by atoms with Gasteiger partial charge in [0.2, 0.25) is 0 Å². The van der Waals surface area contributed by atoms with E-state index in [1.165, 1.54) is 7.11 Å². The number of benzene rings is 2. The van der Waals surface area contributed by atoms with Gasteiger partial charge < -0.3 is 29.6 Å². The van der Waals surface area contributed by atoms with E-state index in [4.69, 9.17) is 9.47 Å². The summed E-state index contributed by atoms with van der Waals surface area (Å²) in [6, 6.07) is 10.4. The number of aromatic nitrogens is 1. The zero-order valence-electron chi connectivity index (χ0n) is 34.0. The molecule has 2 aromatic carbocycles. The van der Waals surface area contributed by atoms with Gasteiger partial charge in [0.1, 0.15) is 17.3 Å². The number of aliphatic hydroxyl groups excluding tert-OH is 1. The molecule has 1 amide bonds. The number of aromatic amines is 1. The summed E-state index contributed by atoms with van der Waals surface area (Å²) in [4.78, 5) is 39.5. The number of carbonyl (C=O) groups is 2. The molecule has 1 unspecified atom stereocenters. The highest BCUT2D eigenvalue weighted by Crippen LogP contribution is 2.67. The van der Waals surface area contributed by atoms with E-state index < -0.39 is 57.7 Å². The van der Waals surface area contributed by atoms with Crippen molar-refractivity contribution in [2.45, 2.75) is 87.1 Å². The third kappa shape index (κ3) is 4.95. The number of nitrogens with one attached hydrogen (secondary N) is 3. The lowest BCUT2D eigenvalue weighted by Gasteiger charge is -2.63. The maximum atomic E-state index is 15.2. The van der Waals surface area contributed by atoms with Crippen LogP contribution < -0.4 is 20.5 Å². The molecule has 1 aromatic heterocycles. The molecule has 12 nitrogen and oxygen atoms in total. The first kappa shape index (κ1) is 39.1. The molecule has 14 heteroatoms. The van der Waals surface area contributed by atoms with Gasteiger partial charge in [0.05, 0.1) is 20.3 Å². The predicted molar refractivity (Wildman–Crippen MR) is 215 cm³/mol. The van der Waals surface area contributed by atoms with E-state index in [0.29, 0.717) is 68.3 Å². The van der Waals surface area contributed by atoms with Crippen molar-refractivity contribution in [2.24, 2.45) is 11.3 Å². The molecule has 9 atom stereocenters.